The van der Waals surface area contributed by atoms with Crippen molar-refractivity contribution in [3.8, 4) is 0 Å². The molecular weight excluding hydrogens is 230 g/mol. The van der Waals surface area contributed by atoms with E-state index in [1.54, 1.807) is 0 Å². The van der Waals surface area contributed by atoms with Gasteiger partial charge in [0.2, 0.25) is 0 Å². The van der Waals surface area contributed by atoms with Gasteiger partial charge in [-0.2, -0.15) is 0 Å². The van der Waals surface area contributed by atoms with Crippen molar-refractivity contribution in [2.45, 2.75) is 71.4 Å². The summed E-state index contributed by atoms with van der Waals surface area (Å²) in [5.41, 5.74) is 0.482. The lowest BCUT2D eigenvalue weighted by Crippen LogP contribution is -2.55. The summed E-state index contributed by atoms with van der Waals surface area (Å²) in [6.07, 6.45) is 3.07. The van der Waals surface area contributed by atoms with Crippen molar-refractivity contribution >= 4 is 15.5 Å². The second-order valence-corrected chi connectivity index (χ2v) is 9.87. The first kappa shape index (κ1) is 14.7. The van der Waals surface area contributed by atoms with Crippen LogP contribution in [0.25, 0.3) is 0 Å². The van der Waals surface area contributed by atoms with E-state index >= 15 is 0 Å². The molecule has 0 aliphatic heterocycles. The number of rotatable bonds is 2. The molecule has 1 N–H and O–H groups in total. The monoisotopic (exact) mass is 257 g/mol. The van der Waals surface area contributed by atoms with Crippen molar-refractivity contribution < 1.29 is 9.63 Å². The van der Waals surface area contributed by atoms with Gasteiger partial charge in [0, 0.05) is 0 Å². The zero-order chi connectivity index (χ0) is 13.3. The van der Waals surface area contributed by atoms with Gasteiger partial charge in [0.1, 0.15) is 0 Å². The Kier molecular flexibility index (Phi) is 4.09. The molecule has 0 heterocycles. The summed E-state index contributed by atoms with van der Waals surface area (Å²) in [7, 11) is -0.654. The van der Waals surface area contributed by atoms with E-state index in [-0.39, 0.29) is 16.1 Å². The van der Waals surface area contributed by atoms with Crippen LogP contribution >= 0.6 is 0 Å². The van der Waals surface area contributed by atoms with Crippen LogP contribution in [0.4, 0.5) is 0 Å². The second kappa shape index (κ2) is 4.73. The van der Waals surface area contributed by atoms with E-state index < -0.39 is 9.76 Å². The van der Waals surface area contributed by atoms with Crippen molar-refractivity contribution in [2.24, 2.45) is 10.6 Å². The van der Waals surface area contributed by atoms with Gasteiger partial charge in [-0.25, -0.2) is 0 Å². The average molecular weight is 257 g/mol. The summed E-state index contributed by atoms with van der Waals surface area (Å²) in [6, 6.07) is 0. The topological polar surface area (TPSA) is 41.8 Å². The highest BCUT2D eigenvalue weighted by Crippen LogP contribution is 2.45. The predicted octanol–water partition coefficient (Wildman–Crippen LogP) is 3.10. The summed E-state index contributed by atoms with van der Waals surface area (Å²) in [5.74, 6) is 0. The van der Waals surface area contributed by atoms with E-state index in [0.29, 0.717) is 0 Å². The Morgan fingerprint density at radius 2 is 1.88 bits per heavy atom. The Labute approximate surface area is 108 Å². The standard InChI is InChI=1S/C13H27NO2Si/c1-11(2,3)17-16-13(6)10(14-15)8-7-9-12(13,4)5/h15H,7-9,17H2,1-6H3. The number of oxime groups is 1. The lowest BCUT2D eigenvalue weighted by Gasteiger charge is -2.49. The Morgan fingerprint density at radius 3 is 2.35 bits per heavy atom. The fourth-order valence-electron chi connectivity index (χ4n) is 2.35. The maximum Gasteiger partial charge on any atom is 0.168 e. The molecular formula is C13H27NO2Si. The van der Waals surface area contributed by atoms with Gasteiger partial charge in [0.05, 0.1) is 11.3 Å². The van der Waals surface area contributed by atoms with Gasteiger partial charge in [0.15, 0.2) is 9.76 Å². The molecule has 0 saturated heterocycles. The van der Waals surface area contributed by atoms with Gasteiger partial charge in [-0.15, -0.1) is 0 Å². The fraction of sp³-hybridized carbons (Fsp3) is 0.923. The molecule has 3 nitrogen and oxygen atoms in total. The Balaban J connectivity index is 2.93. The van der Waals surface area contributed by atoms with E-state index in [4.69, 9.17) is 4.43 Å². The lowest BCUT2D eigenvalue weighted by molar-refractivity contribution is 0.0118. The molecule has 0 spiro atoms. The van der Waals surface area contributed by atoms with E-state index in [9.17, 15) is 5.21 Å². The third-order valence-electron chi connectivity index (χ3n) is 3.97. The maximum atomic E-state index is 9.21. The van der Waals surface area contributed by atoms with Gasteiger partial charge >= 0.3 is 0 Å². The highest BCUT2D eigenvalue weighted by Gasteiger charge is 2.48. The van der Waals surface area contributed by atoms with Crippen LogP contribution in [0.15, 0.2) is 5.16 Å². The molecule has 4 heteroatoms. The molecule has 1 rings (SSSR count). The van der Waals surface area contributed by atoms with Gasteiger partial charge < -0.3 is 9.63 Å². The second-order valence-electron chi connectivity index (χ2n) is 7.17. The van der Waals surface area contributed by atoms with Crippen molar-refractivity contribution in [3.63, 3.8) is 0 Å². The van der Waals surface area contributed by atoms with Gasteiger partial charge in [-0.3, -0.25) is 0 Å². The molecule has 0 amide bonds. The minimum Gasteiger partial charge on any atom is -0.412 e. The molecule has 0 aromatic rings. The van der Waals surface area contributed by atoms with Crippen LogP contribution < -0.4 is 0 Å². The third-order valence-corrected chi connectivity index (χ3v) is 5.56. The van der Waals surface area contributed by atoms with Crippen molar-refractivity contribution in [3.05, 3.63) is 0 Å². The molecule has 100 valence electrons. The van der Waals surface area contributed by atoms with Crippen LogP contribution in [0.1, 0.15) is 60.8 Å². The Bertz CT molecular complexity index is 307. The van der Waals surface area contributed by atoms with E-state index in [1.807, 2.05) is 0 Å². The first-order valence-electron chi connectivity index (χ1n) is 6.48. The first-order chi connectivity index (χ1) is 7.62. The summed E-state index contributed by atoms with van der Waals surface area (Å²) in [4.78, 5) is 0. The maximum absolute atomic E-state index is 9.21. The highest BCUT2D eigenvalue weighted by molar-refractivity contribution is 6.32. The van der Waals surface area contributed by atoms with Gasteiger partial charge in [-0.05, 0) is 36.6 Å². The minimum atomic E-state index is -0.654. The summed E-state index contributed by atoms with van der Waals surface area (Å²) in [5, 5.41) is 13.0. The molecule has 1 saturated carbocycles. The smallest absolute Gasteiger partial charge is 0.168 e. The molecule has 1 fully saturated rings. The van der Waals surface area contributed by atoms with Crippen LogP contribution in [0.2, 0.25) is 5.04 Å². The predicted molar refractivity (Wildman–Crippen MR) is 74.6 cm³/mol. The Hall–Kier alpha value is -0.353. The zero-order valence-electron chi connectivity index (χ0n) is 12.1. The lowest BCUT2D eigenvalue weighted by atomic mass is 9.65. The fourth-order valence-corrected chi connectivity index (χ4v) is 3.63. The SMILES string of the molecule is CC(C)(C)[SiH2]OC1(C)C(=NO)CCCC1(C)C. The van der Waals surface area contributed by atoms with E-state index in [1.165, 1.54) is 0 Å². The first-order valence-corrected chi connectivity index (χ1v) is 7.76. The molecule has 0 aromatic heterocycles. The van der Waals surface area contributed by atoms with Crippen molar-refractivity contribution in [2.75, 3.05) is 0 Å². The number of nitrogens with zero attached hydrogens (tertiary/aromatic N) is 1. The highest BCUT2D eigenvalue weighted by atomic mass is 28.2. The molecule has 0 bridgehead atoms. The largest absolute Gasteiger partial charge is 0.412 e. The van der Waals surface area contributed by atoms with Crippen LogP contribution in [0.3, 0.4) is 0 Å². The third kappa shape index (κ3) is 3.10. The van der Waals surface area contributed by atoms with Crippen LogP contribution in [-0.2, 0) is 4.43 Å². The van der Waals surface area contributed by atoms with E-state index in [0.717, 1.165) is 25.0 Å². The quantitative estimate of drug-likeness (QED) is 0.469. The van der Waals surface area contributed by atoms with E-state index in [2.05, 4.69) is 46.7 Å². The minimum absolute atomic E-state index is 0.0467. The number of hydrogen-bond donors (Lipinski definition) is 1. The van der Waals surface area contributed by atoms with Gasteiger partial charge in [0.25, 0.3) is 0 Å². The normalized spacial score (nSPS) is 32.5. The summed E-state index contributed by atoms with van der Waals surface area (Å²) in [6.45, 7) is 13.2. The molecule has 1 aliphatic rings. The average Bonchev–Trinajstić information content (AvgIpc) is 2.18. The van der Waals surface area contributed by atoms with Crippen molar-refractivity contribution in [1.82, 2.24) is 0 Å². The molecule has 17 heavy (non-hydrogen) atoms. The zero-order valence-corrected chi connectivity index (χ0v) is 13.5. The van der Waals surface area contributed by atoms with Crippen LogP contribution in [0, 0.1) is 5.41 Å². The molecule has 0 aromatic carbocycles. The van der Waals surface area contributed by atoms with Gasteiger partial charge in [-0.1, -0.05) is 39.8 Å². The number of hydrogen-bond acceptors (Lipinski definition) is 3. The molecule has 1 unspecified atom stereocenters. The van der Waals surface area contributed by atoms with Crippen LogP contribution in [0.5, 0.6) is 0 Å². The summed E-state index contributed by atoms with van der Waals surface area (Å²) < 4.78 is 6.30. The summed E-state index contributed by atoms with van der Waals surface area (Å²) >= 11 is 0. The van der Waals surface area contributed by atoms with Crippen LogP contribution in [-0.4, -0.2) is 26.3 Å². The Morgan fingerprint density at radius 1 is 1.29 bits per heavy atom. The molecule has 0 radical (unpaired) electrons. The molecule has 1 atom stereocenters. The van der Waals surface area contributed by atoms with Crippen molar-refractivity contribution in [1.29, 1.82) is 0 Å². The molecule has 1 aliphatic carbocycles.